The molecule has 0 aliphatic carbocycles. The van der Waals surface area contributed by atoms with Gasteiger partial charge in [0.2, 0.25) is 0 Å². The van der Waals surface area contributed by atoms with Gasteiger partial charge in [-0.25, -0.2) is 0 Å². The summed E-state index contributed by atoms with van der Waals surface area (Å²) in [5, 5.41) is 0.766. The predicted molar refractivity (Wildman–Crippen MR) is 42.1 cm³/mol. The van der Waals surface area contributed by atoms with Crippen LogP contribution in [0.3, 0.4) is 0 Å². The van der Waals surface area contributed by atoms with Crippen molar-refractivity contribution in [2.45, 2.75) is 31.8 Å². The van der Waals surface area contributed by atoms with Crippen molar-refractivity contribution in [3.8, 4) is 0 Å². The highest BCUT2D eigenvalue weighted by atomic mass is 79.9. The van der Waals surface area contributed by atoms with Gasteiger partial charge in [0.05, 0.1) is 0 Å². The van der Waals surface area contributed by atoms with Crippen LogP contribution in [0.15, 0.2) is 0 Å². The maximum absolute atomic E-state index is 10.7. The number of carbonyl (C=O) groups excluding carboxylic acids is 1. The Hall–Kier alpha value is -0.0500. The lowest BCUT2D eigenvalue weighted by molar-refractivity contribution is -0.146. The number of esters is 1. The highest BCUT2D eigenvalue weighted by Gasteiger charge is 2.37. The van der Waals surface area contributed by atoms with E-state index in [-0.39, 0.29) is 11.6 Å². The first-order chi connectivity index (χ1) is 4.72. The molecule has 1 atom stereocenters. The first-order valence-electron chi connectivity index (χ1n) is 3.50. The first kappa shape index (κ1) is 8.05. The third-order valence-corrected chi connectivity index (χ3v) is 3.02. The maximum Gasteiger partial charge on any atom is 0.306 e. The van der Waals surface area contributed by atoms with Crippen LogP contribution in [-0.4, -0.2) is 16.9 Å². The quantitative estimate of drug-likeness (QED) is 0.510. The second kappa shape index (κ2) is 2.91. The van der Waals surface area contributed by atoms with E-state index >= 15 is 0 Å². The van der Waals surface area contributed by atoms with E-state index in [1.807, 2.05) is 6.92 Å². The van der Waals surface area contributed by atoms with E-state index in [0.717, 1.165) is 18.2 Å². The first-order valence-corrected chi connectivity index (χ1v) is 4.62. The van der Waals surface area contributed by atoms with Gasteiger partial charge in [-0.05, 0) is 12.8 Å². The Balaban J connectivity index is 2.59. The summed E-state index contributed by atoms with van der Waals surface area (Å²) >= 11 is 3.34. The molecule has 0 aromatic carbocycles. The van der Waals surface area contributed by atoms with Crippen molar-refractivity contribution in [2.75, 3.05) is 5.33 Å². The van der Waals surface area contributed by atoms with Crippen LogP contribution in [-0.2, 0) is 9.53 Å². The molecular weight excluding hydrogens is 196 g/mol. The minimum atomic E-state index is -0.183. The average Bonchev–Trinajstić information content (AvgIpc) is 2.33. The molecule has 2 nitrogen and oxygen atoms in total. The van der Waals surface area contributed by atoms with E-state index in [1.165, 1.54) is 0 Å². The fourth-order valence-electron chi connectivity index (χ4n) is 1.11. The number of hydrogen-bond donors (Lipinski definition) is 0. The number of halogens is 1. The van der Waals surface area contributed by atoms with Crippen LogP contribution < -0.4 is 0 Å². The topological polar surface area (TPSA) is 26.3 Å². The maximum atomic E-state index is 10.7. The van der Waals surface area contributed by atoms with Crippen molar-refractivity contribution >= 4 is 21.9 Å². The van der Waals surface area contributed by atoms with Gasteiger partial charge in [-0.2, -0.15) is 0 Å². The molecule has 1 aliphatic rings. The molecular formula is C7H11BrO2. The number of rotatable bonds is 2. The number of alkyl halides is 1. The van der Waals surface area contributed by atoms with Crippen molar-refractivity contribution in [1.29, 1.82) is 0 Å². The number of carbonyl (C=O) groups is 1. The summed E-state index contributed by atoms with van der Waals surface area (Å²) in [7, 11) is 0. The number of cyclic esters (lactones) is 1. The van der Waals surface area contributed by atoms with Crippen molar-refractivity contribution in [1.82, 2.24) is 0 Å². The van der Waals surface area contributed by atoms with Crippen molar-refractivity contribution < 1.29 is 9.53 Å². The van der Waals surface area contributed by atoms with Gasteiger partial charge in [-0.3, -0.25) is 4.79 Å². The summed E-state index contributed by atoms with van der Waals surface area (Å²) in [6, 6.07) is 0. The van der Waals surface area contributed by atoms with Gasteiger partial charge in [-0.1, -0.05) is 22.9 Å². The molecule has 0 aromatic rings. The molecule has 1 saturated heterocycles. The summed E-state index contributed by atoms with van der Waals surface area (Å²) in [5.74, 6) is -0.0544. The summed E-state index contributed by atoms with van der Waals surface area (Å²) in [5.41, 5.74) is -0.183. The van der Waals surface area contributed by atoms with Gasteiger partial charge in [0.25, 0.3) is 0 Å². The number of hydrogen-bond acceptors (Lipinski definition) is 2. The highest BCUT2D eigenvalue weighted by Crippen LogP contribution is 2.31. The van der Waals surface area contributed by atoms with Crippen LogP contribution in [0.4, 0.5) is 0 Å². The third-order valence-electron chi connectivity index (χ3n) is 2.00. The zero-order valence-electron chi connectivity index (χ0n) is 6.02. The van der Waals surface area contributed by atoms with Gasteiger partial charge < -0.3 is 4.74 Å². The molecule has 0 amide bonds. The van der Waals surface area contributed by atoms with Crippen molar-refractivity contribution in [3.63, 3.8) is 0 Å². The Bertz CT molecular complexity index is 141. The lowest BCUT2D eigenvalue weighted by atomic mass is 10.0. The fourth-order valence-corrected chi connectivity index (χ4v) is 1.90. The largest absolute Gasteiger partial charge is 0.458 e. The Labute approximate surface area is 69.1 Å². The average molecular weight is 207 g/mol. The molecule has 3 heteroatoms. The smallest absolute Gasteiger partial charge is 0.306 e. The molecule has 1 aliphatic heterocycles. The summed E-state index contributed by atoms with van der Waals surface area (Å²) in [6.45, 7) is 2.04. The summed E-state index contributed by atoms with van der Waals surface area (Å²) in [6.07, 6.45) is 2.36. The standard InChI is InChI=1S/C7H11BrO2/c1-2-7(5-8)4-3-6(9)10-7/h2-5H2,1H3/t7-/m1/s1. The molecule has 0 aromatic heterocycles. The van der Waals surface area contributed by atoms with E-state index in [0.29, 0.717) is 6.42 Å². The molecule has 0 N–H and O–H groups in total. The van der Waals surface area contributed by atoms with Crippen LogP contribution in [0.2, 0.25) is 0 Å². The van der Waals surface area contributed by atoms with Gasteiger partial charge in [0, 0.05) is 11.8 Å². The molecule has 58 valence electrons. The molecule has 1 rings (SSSR count). The van der Waals surface area contributed by atoms with Crippen LogP contribution in [0.5, 0.6) is 0 Å². The monoisotopic (exact) mass is 206 g/mol. The van der Waals surface area contributed by atoms with Crippen LogP contribution in [0, 0.1) is 0 Å². The Kier molecular flexibility index (Phi) is 2.34. The minimum Gasteiger partial charge on any atom is -0.458 e. The Morgan fingerprint density at radius 3 is 2.70 bits per heavy atom. The van der Waals surface area contributed by atoms with Gasteiger partial charge in [-0.15, -0.1) is 0 Å². The SMILES string of the molecule is CC[C@]1(CBr)CCC(=O)O1. The van der Waals surface area contributed by atoms with E-state index < -0.39 is 0 Å². The molecule has 0 spiro atoms. The molecule has 0 bridgehead atoms. The molecule has 1 heterocycles. The van der Waals surface area contributed by atoms with Crippen molar-refractivity contribution in [3.05, 3.63) is 0 Å². The van der Waals surface area contributed by atoms with E-state index in [9.17, 15) is 4.79 Å². The molecule has 0 radical (unpaired) electrons. The Morgan fingerprint density at radius 2 is 2.50 bits per heavy atom. The Morgan fingerprint density at radius 1 is 1.80 bits per heavy atom. The summed E-state index contributed by atoms with van der Waals surface area (Å²) in [4.78, 5) is 10.7. The van der Waals surface area contributed by atoms with E-state index in [4.69, 9.17) is 4.74 Å². The van der Waals surface area contributed by atoms with Crippen molar-refractivity contribution in [2.24, 2.45) is 0 Å². The molecule has 1 fully saturated rings. The molecule has 0 unspecified atom stereocenters. The van der Waals surface area contributed by atoms with Crippen LogP contribution in [0.25, 0.3) is 0 Å². The lowest BCUT2D eigenvalue weighted by Gasteiger charge is -2.22. The number of ether oxygens (including phenoxy) is 1. The van der Waals surface area contributed by atoms with Gasteiger partial charge in [0.1, 0.15) is 5.60 Å². The van der Waals surface area contributed by atoms with Crippen LogP contribution in [0.1, 0.15) is 26.2 Å². The van der Waals surface area contributed by atoms with Crippen LogP contribution >= 0.6 is 15.9 Å². The molecule has 0 saturated carbocycles. The predicted octanol–water partition coefficient (Wildman–Crippen LogP) is 1.87. The van der Waals surface area contributed by atoms with Gasteiger partial charge in [0.15, 0.2) is 0 Å². The summed E-state index contributed by atoms with van der Waals surface area (Å²) < 4.78 is 5.16. The minimum absolute atomic E-state index is 0.0544. The van der Waals surface area contributed by atoms with E-state index in [1.54, 1.807) is 0 Å². The van der Waals surface area contributed by atoms with E-state index in [2.05, 4.69) is 15.9 Å². The third kappa shape index (κ3) is 1.34. The normalized spacial score (nSPS) is 32.4. The highest BCUT2D eigenvalue weighted by molar-refractivity contribution is 9.09. The zero-order valence-corrected chi connectivity index (χ0v) is 7.61. The fraction of sp³-hybridized carbons (Fsp3) is 0.857. The second-order valence-electron chi connectivity index (χ2n) is 2.64. The second-order valence-corrected chi connectivity index (χ2v) is 3.21. The van der Waals surface area contributed by atoms with Gasteiger partial charge >= 0.3 is 5.97 Å². The zero-order chi connectivity index (χ0) is 7.61. The molecule has 10 heavy (non-hydrogen) atoms. The lowest BCUT2D eigenvalue weighted by Crippen LogP contribution is -2.29.